The molecule has 0 aliphatic carbocycles. The average molecular weight is 277 g/mol. The Balaban J connectivity index is 2.01. The lowest BCUT2D eigenvalue weighted by Crippen LogP contribution is -1.87. The zero-order chi connectivity index (χ0) is 14.8. The van der Waals surface area contributed by atoms with Crippen molar-refractivity contribution in [2.24, 2.45) is 0 Å². The van der Waals surface area contributed by atoms with Crippen LogP contribution in [0.5, 0.6) is 5.75 Å². The van der Waals surface area contributed by atoms with Crippen LogP contribution < -0.4 is 16.2 Å². The highest BCUT2D eigenvalue weighted by Gasteiger charge is 2.07. The SMILES string of the molecule is COc1ccc2c(N)c(C#Cc3ccc(N)cc3)[nH]c2c1. The highest BCUT2D eigenvalue weighted by molar-refractivity contribution is 5.95. The molecule has 2 aromatic carbocycles. The Kier molecular flexibility index (Phi) is 3.17. The fourth-order valence-electron chi connectivity index (χ4n) is 2.12. The van der Waals surface area contributed by atoms with Crippen molar-refractivity contribution in [2.45, 2.75) is 0 Å². The number of H-pyrrole nitrogens is 1. The van der Waals surface area contributed by atoms with E-state index in [1.807, 2.05) is 42.5 Å². The largest absolute Gasteiger partial charge is 0.497 e. The summed E-state index contributed by atoms with van der Waals surface area (Å²) in [6, 6.07) is 13.1. The third-order valence-electron chi connectivity index (χ3n) is 3.29. The van der Waals surface area contributed by atoms with Gasteiger partial charge in [0.05, 0.1) is 18.3 Å². The van der Waals surface area contributed by atoms with Gasteiger partial charge in [0, 0.05) is 22.7 Å². The molecule has 3 aromatic rings. The van der Waals surface area contributed by atoms with Gasteiger partial charge in [-0.25, -0.2) is 0 Å². The number of rotatable bonds is 1. The summed E-state index contributed by atoms with van der Waals surface area (Å²) in [5, 5.41) is 0.942. The van der Waals surface area contributed by atoms with Crippen LogP contribution in [0.25, 0.3) is 10.9 Å². The predicted molar refractivity (Wildman–Crippen MR) is 86.1 cm³/mol. The first kappa shape index (κ1) is 12.9. The molecule has 0 amide bonds. The van der Waals surface area contributed by atoms with E-state index in [1.165, 1.54) is 0 Å². The van der Waals surface area contributed by atoms with E-state index in [-0.39, 0.29) is 0 Å². The Morgan fingerprint density at radius 1 is 1.00 bits per heavy atom. The average Bonchev–Trinajstić information content (AvgIpc) is 2.82. The molecule has 4 nitrogen and oxygen atoms in total. The molecular weight excluding hydrogens is 262 g/mol. The van der Waals surface area contributed by atoms with Gasteiger partial charge in [-0.3, -0.25) is 0 Å². The molecule has 0 fully saturated rings. The zero-order valence-corrected chi connectivity index (χ0v) is 11.6. The van der Waals surface area contributed by atoms with Crippen LogP contribution in [0, 0.1) is 11.8 Å². The van der Waals surface area contributed by atoms with E-state index < -0.39 is 0 Å². The smallest absolute Gasteiger partial charge is 0.120 e. The monoisotopic (exact) mass is 277 g/mol. The number of anilines is 2. The number of hydrogen-bond acceptors (Lipinski definition) is 3. The van der Waals surface area contributed by atoms with Gasteiger partial charge in [0.1, 0.15) is 11.4 Å². The normalized spacial score (nSPS) is 10.1. The molecule has 21 heavy (non-hydrogen) atoms. The number of methoxy groups -OCH3 is 1. The van der Waals surface area contributed by atoms with E-state index >= 15 is 0 Å². The molecule has 104 valence electrons. The van der Waals surface area contributed by atoms with Crippen molar-refractivity contribution in [2.75, 3.05) is 18.6 Å². The van der Waals surface area contributed by atoms with E-state index in [0.29, 0.717) is 11.4 Å². The lowest BCUT2D eigenvalue weighted by Gasteiger charge is -1.98. The van der Waals surface area contributed by atoms with E-state index in [1.54, 1.807) is 7.11 Å². The summed E-state index contributed by atoms with van der Waals surface area (Å²) in [6.45, 7) is 0. The first-order valence-corrected chi connectivity index (χ1v) is 6.50. The molecule has 0 saturated heterocycles. The fourth-order valence-corrected chi connectivity index (χ4v) is 2.12. The Morgan fingerprint density at radius 2 is 1.76 bits per heavy atom. The molecule has 0 bridgehead atoms. The second-order valence-corrected chi connectivity index (χ2v) is 4.70. The van der Waals surface area contributed by atoms with Gasteiger partial charge in [0.2, 0.25) is 0 Å². The Bertz CT molecular complexity index is 851. The first-order valence-electron chi connectivity index (χ1n) is 6.50. The second-order valence-electron chi connectivity index (χ2n) is 4.70. The molecule has 4 heteroatoms. The van der Waals surface area contributed by atoms with Crippen LogP contribution in [0.3, 0.4) is 0 Å². The van der Waals surface area contributed by atoms with Gasteiger partial charge < -0.3 is 21.2 Å². The van der Waals surface area contributed by atoms with Gasteiger partial charge in [-0.05, 0) is 42.3 Å². The van der Waals surface area contributed by atoms with Crippen molar-refractivity contribution in [3.63, 3.8) is 0 Å². The van der Waals surface area contributed by atoms with Crippen LogP contribution in [0.1, 0.15) is 11.3 Å². The van der Waals surface area contributed by atoms with Gasteiger partial charge in [-0.2, -0.15) is 0 Å². The van der Waals surface area contributed by atoms with Crippen molar-refractivity contribution >= 4 is 22.3 Å². The number of fused-ring (bicyclic) bond motifs is 1. The van der Waals surface area contributed by atoms with Crippen LogP contribution in [-0.2, 0) is 0 Å². The van der Waals surface area contributed by atoms with Crippen LogP contribution in [0.2, 0.25) is 0 Å². The van der Waals surface area contributed by atoms with E-state index in [4.69, 9.17) is 16.2 Å². The maximum Gasteiger partial charge on any atom is 0.120 e. The molecule has 1 aromatic heterocycles. The number of aromatic nitrogens is 1. The van der Waals surface area contributed by atoms with Gasteiger partial charge in [0.25, 0.3) is 0 Å². The fraction of sp³-hybridized carbons (Fsp3) is 0.0588. The van der Waals surface area contributed by atoms with Crippen LogP contribution in [-0.4, -0.2) is 12.1 Å². The summed E-state index contributed by atoms with van der Waals surface area (Å²) in [7, 11) is 1.63. The maximum atomic E-state index is 6.12. The van der Waals surface area contributed by atoms with Gasteiger partial charge in [-0.1, -0.05) is 5.92 Å². The van der Waals surface area contributed by atoms with Crippen molar-refractivity contribution in [3.8, 4) is 17.6 Å². The second kappa shape index (κ2) is 5.14. The Morgan fingerprint density at radius 3 is 2.48 bits per heavy atom. The Labute approximate surface area is 122 Å². The number of benzene rings is 2. The Hall–Kier alpha value is -3.06. The third-order valence-corrected chi connectivity index (χ3v) is 3.29. The quantitative estimate of drug-likeness (QED) is 0.473. The highest BCUT2D eigenvalue weighted by atomic mass is 16.5. The van der Waals surface area contributed by atoms with Crippen molar-refractivity contribution < 1.29 is 4.74 Å². The molecule has 1 heterocycles. The molecule has 0 radical (unpaired) electrons. The van der Waals surface area contributed by atoms with Crippen molar-refractivity contribution in [1.82, 2.24) is 4.98 Å². The number of ether oxygens (including phenoxy) is 1. The molecule has 5 N–H and O–H groups in total. The van der Waals surface area contributed by atoms with Crippen molar-refractivity contribution in [1.29, 1.82) is 0 Å². The molecule has 0 aliphatic rings. The zero-order valence-electron chi connectivity index (χ0n) is 11.6. The standard InChI is InChI=1S/C17H15N3O/c1-21-13-7-8-14-16(10-13)20-15(17(14)19)9-4-11-2-5-12(18)6-3-11/h2-3,5-8,10,20H,18-19H2,1H3. The highest BCUT2D eigenvalue weighted by Crippen LogP contribution is 2.27. The number of hydrogen-bond donors (Lipinski definition) is 3. The summed E-state index contributed by atoms with van der Waals surface area (Å²) in [5.74, 6) is 6.91. The number of nitrogen functional groups attached to an aromatic ring is 2. The lowest BCUT2D eigenvalue weighted by atomic mass is 10.2. The summed E-state index contributed by atoms with van der Waals surface area (Å²) in [6.07, 6.45) is 0. The summed E-state index contributed by atoms with van der Waals surface area (Å²) >= 11 is 0. The summed E-state index contributed by atoms with van der Waals surface area (Å²) < 4.78 is 5.20. The van der Waals surface area contributed by atoms with Crippen LogP contribution >= 0.6 is 0 Å². The summed E-state index contributed by atoms with van der Waals surface area (Å²) in [4.78, 5) is 3.22. The number of nitrogens with one attached hydrogen (secondary N) is 1. The molecule has 3 rings (SSSR count). The summed E-state index contributed by atoms with van der Waals surface area (Å²) in [5.41, 5.74) is 15.6. The molecular formula is C17H15N3O. The maximum absolute atomic E-state index is 6.12. The van der Waals surface area contributed by atoms with Crippen LogP contribution in [0.4, 0.5) is 11.4 Å². The topological polar surface area (TPSA) is 77.1 Å². The predicted octanol–water partition coefficient (Wildman–Crippen LogP) is 2.74. The minimum atomic E-state index is 0.649. The molecule has 0 spiro atoms. The minimum Gasteiger partial charge on any atom is -0.497 e. The number of aromatic amines is 1. The number of nitrogens with two attached hydrogens (primary N) is 2. The van der Waals surface area contributed by atoms with Gasteiger partial charge >= 0.3 is 0 Å². The molecule has 0 saturated carbocycles. The molecule has 0 unspecified atom stereocenters. The van der Waals surface area contributed by atoms with E-state index in [0.717, 1.165) is 27.9 Å². The van der Waals surface area contributed by atoms with Gasteiger partial charge in [-0.15, -0.1) is 0 Å². The molecule has 0 aliphatic heterocycles. The molecule has 0 atom stereocenters. The van der Waals surface area contributed by atoms with E-state index in [2.05, 4.69) is 16.8 Å². The van der Waals surface area contributed by atoms with Gasteiger partial charge in [0.15, 0.2) is 0 Å². The van der Waals surface area contributed by atoms with E-state index in [9.17, 15) is 0 Å². The lowest BCUT2D eigenvalue weighted by molar-refractivity contribution is 0.415. The first-order chi connectivity index (χ1) is 10.2. The third kappa shape index (κ3) is 2.49. The minimum absolute atomic E-state index is 0.649. The van der Waals surface area contributed by atoms with Crippen molar-refractivity contribution in [3.05, 3.63) is 53.7 Å². The van der Waals surface area contributed by atoms with Crippen LogP contribution in [0.15, 0.2) is 42.5 Å².